The lowest BCUT2D eigenvalue weighted by Crippen LogP contribution is -2.04. The summed E-state index contributed by atoms with van der Waals surface area (Å²) in [5.41, 5.74) is 2.96. The minimum absolute atomic E-state index is 0.0791. The molecule has 0 atom stereocenters. The first-order valence-corrected chi connectivity index (χ1v) is 8.13. The van der Waals surface area contributed by atoms with Crippen LogP contribution in [0.4, 0.5) is 0 Å². The monoisotopic (exact) mass is 288 g/mol. The standard InChI is InChI=1S/C16H16O3S/c1-11-9-14(17)6-8-16(11)20(18,19)15-7-5-12-3-2-4-13(12)10-15/h5-10,17H,2-4H2,1H3. The molecule has 0 heterocycles. The summed E-state index contributed by atoms with van der Waals surface area (Å²) in [6.45, 7) is 1.69. The van der Waals surface area contributed by atoms with Crippen molar-refractivity contribution < 1.29 is 13.5 Å². The Morgan fingerprint density at radius 1 is 1.00 bits per heavy atom. The van der Waals surface area contributed by atoms with E-state index in [2.05, 4.69) is 0 Å². The summed E-state index contributed by atoms with van der Waals surface area (Å²) in [6, 6.07) is 9.75. The van der Waals surface area contributed by atoms with Gasteiger partial charge in [0.2, 0.25) is 9.84 Å². The molecule has 4 heteroatoms. The first-order valence-electron chi connectivity index (χ1n) is 6.65. The molecule has 1 aliphatic rings. The second-order valence-corrected chi connectivity index (χ2v) is 7.16. The smallest absolute Gasteiger partial charge is 0.206 e. The van der Waals surface area contributed by atoms with Crippen LogP contribution in [0.5, 0.6) is 5.75 Å². The molecule has 0 fully saturated rings. The fourth-order valence-corrected chi connectivity index (χ4v) is 4.31. The molecule has 0 saturated heterocycles. The van der Waals surface area contributed by atoms with Gasteiger partial charge in [0.15, 0.2) is 0 Å². The third kappa shape index (κ3) is 2.10. The first-order chi connectivity index (χ1) is 9.48. The van der Waals surface area contributed by atoms with E-state index in [0.29, 0.717) is 10.5 Å². The van der Waals surface area contributed by atoms with E-state index < -0.39 is 9.84 Å². The maximum Gasteiger partial charge on any atom is 0.206 e. The van der Waals surface area contributed by atoms with Gasteiger partial charge in [-0.3, -0.25) is 0 Å². The Bertz CT molecular complexity index is 776. The van der Waals surface area contributed by atoms with Crippen molar-refractivity contribution in [3.63, 3.8) is 0 Å². The Kier molecular flexibility index (Phi) is 3.05. The van der Waals surface area contributed by atoms with Crippen LogP contribution in [-0.2, 0) is 22.7 Å². The van der Waals surface area contributed by atoms with Gasteiger partial charge < -0.3 is 5.11 Å². The Hall–Kier alpha value is -1.81. The zero-order chi connectivity index (χ0) is 14.3. The van der Waals surface area contributed by atoms with Crippen molar-refractivity contribution in [3.05, 3.63) is 53.1 Å². The molecule has 3 nitrogen and oxygen atoms in total. The van der Waals surface area contributed by atoms with Crippen LogP contribution in [0.3, 0.4) is 0 Å². The van der Waals surface area contributed by atoms with Crippen molar-refractivity contribution in [2.24, 2.45) is 0 Å². The van der Waals surface area contributed by atoms with Crippen molar-refractivity contribution in [2.45, 2.75) is 36.0 Å². The van der Waals surface area contributed by atoms with Crippen LogP contribution in [0.15, 0.2) is 46.2 Å². The van der Waals surface area contributed by atoms with Crippen LogP contribution in [0, 0.1) is 6.92 Å². The predicted octanol–water partition coefficient (Wildman–Crippen LogP) is 3.02. The average molecular weight is 288 g/mol. The van der Waals surface area contributed by atoms with E-state index in [9.17, 15) is 13.5 Å². The summed E-state index contributed by atoms with van der Waals surface area (Å²) < 4.78 is 25.4. The molecule has 2 aromatic rings. The van der Waals surface area contributed by atoms with Gasteiger partial charge in [-0.05, 0) is 73.2 Å². The minimum atomic E-state index is -3.52. The SMILES string of the molecule is Cc1cc(O)ccc1S(=O)(=O)c1ccc2c(c1)CCC2. The molecule has 0 radical (unpaired) electrons. The van der Waals surface area contributed by atoms with E-state index in [0.717, 1.165) is 24.8 Å². The Morgan fingerprint density at radius 3 is 2.50 bits per heavy atom. The van der Waals surface area contributed by atoms with Gasteiger partial charge in [0, 0.05) is 0 Å². The fraction of sp³-hybridized carbons (Fsp3) is 0.250. The average Bonchev–Trinajstić information content (AvgIpc) is 2.85. The number of hydrogen-bond donors (Lipinski definition) is 1. The molecule has 0 aliphatic heterocycles. The molecule has 0 saturated carbocycles. The second-order valence-electron chi connectivity index (χ2n) is 5.24. The van der Waals surface area contributed by atoms with Crippen LogP contribution < -0.4 is 0 Å². The quantitative estimate of drug-likeness (QED) is 0.924. The Morgan fingerprint density at radius 2 is 1.75 bits per heavy atom. The second kappa shape index (κ2) is 4.63. The highest BCUT2D eigenvalue weighted by molar-refractivity contribution is 7.91. The van der Waals surface area contributed by atoms with Gasteiger partial charge in [-0.2, -0.15) is 0 Å². The molecule has 1 N–H and O–H groups in total. The topological polar surface area (TPSA) is 54.4 Å². The minimum Gasteiger partial charge on any atom is -0.508 e. The molecule has 2 aromatic carbocycles. The number of benzene rings is 2. The molecular weight excluding hydrogens is 272 g/mol. The van der Waals surface area contributed by atoms with E-state index in [1.165, 1.54) is 23.8 Å². The van der Waals surface area contributed by atoms with Crippen LogP contribution in [0.25, 0.3) is 0 Å². The molecule has 0 bridgehead atoms. The lowest BCUT2D eigenvalue weighted by Gasteiger charge is -2.09. The van der Waals surface area contributed by atoms with Gasteiger partial charge in [0.1, 0.15) is 5.75 Å². The number of phenols is 1. The van der Waals surface area contributed by atoms with Crippen LogP contribution in [0.1, 0.15) is 23.1 Å². The summed E-state index contributed by atoms with van der Waals surface area (Å²) in [4.78, 5) is 0.597. The van der Waals surface area contributed by atoms with Crippen molar-refractivity contribution in [1.82, 2.24) is 0 Å². The lowest BCUT2D eigenvalue weighted by molar-refractivity contribution is 0.474. The van der Waals surface area contributed by atoms with Crippen LogP contribution >= 0.6 is 0 Å². The number of hydrogen-bond acceptors (Lipinski definition) is 3. The maximum absolute atomic E-state index is 12.7. The first kappa shape index (κ1) is 13.2. The highest BCUT2D eigenvalue weighted by atomic mass is 32.2. The summed E-state index contributed by atoms with van der Waals surface area (Å²) in [7, 11) is -3.52. The third-order valence-electron chi connectivity index (χ3n) is 3.83. The van der Waals surface area contributed by atoms with Crippen molar-refractivity contribution in [3.8, 4) is 5.75 Å². The van der Waals surface area contributed by atoms with Crippen LogP contribution in [-0.4, -0.2) is 13.5 Å². The molecule has 1 aliphatic carbocycles. The number of sulfone groups is 1. The third-order valence-corrected chi connectivity index (χ3v) is 5.74. The predicted molar refractivity (Wildman–Crippen MR) is 76.8 cm³/mol. The Balaban J connectivity index is 2.12. The van der Waals surface area contributed by atoms with Gasteiger partial charge in [-0.25, -0.2) is 8.42 Å². The van der Waals surface area contributed by atoms with E-state index >= 15 is 0 Å². The normalized spacial score (nSPS) is 14.2. The summed E-state index contributed by atoms with van der Waals surface area (Å²) in [6.07, 6.45) is 3.08. The van der Waals surface area contributed by atoms with Gasteiger partial charge in [0.05, 0.1) is 9.79 Å². The molecule has 3 rings (SSSR count). The van der Waals surface area contributed by atoms with Crippen molar-refractivity contribution in [2.75, 3.05) is 0 Å². The molecule has 0 spiro atoms. The van der Waals surface area contributed by atoms with E-state index in [1.807, 2.05) is 6.07 Å². The van der Waals surface area contributed by atoms with E-state index in [4.69, 9.17) is 0 Å². The fourth-order valence-electron chi connectivity index (χ4n) is 2.78. The maximum atomic E-state index is 12.7. The Labute approximate surface area is 118 Å². The van der Waals surface area contributed by atoms with Gasteiger partial charge in [0.25, 0.3) is 0 Å². The molecule has 0 unspecified atom stereocenters. The summed E-state index contributed by atoms with van der Waals surface area (Å²) in [5, 5.41) is 9.41. The largest absolute Gasteiger partial charge is 0.508 e. The highest BCUT2D eigenvalue weighted by Gasteiger charge is 2.22. The highest BCUT2D eigenvalue weighted by Crippen LogP contribution is 2.30. The van der Waals surface area contributed by atoms with Gasteiger partial charge in [-0.15, -0.1) is 0 Å². The number of aromatic hydroxyl groups is 1. The summed E-state index contributed by atoms with van der Waals surface area (Å²) >= 11 is 0. The lowest BCUT2D eigenvalue weighted by atomic mass is 10.1. The molecule has 0 aromatic heterocycles. The van der Waals surface area contributed by atoms with Gasteiger partial charge >= 0.3 is 0 Å². The van der Waals surface area contributed by atoms with Crippen molar-refractivity contribution >= 4 is 9.84 Å². The van der Waals surface area contributed by atoms with Gasteiger partial charge in [-0.1, -0.05) is 6.07 Å². The van der Waals surface area contributed by atoms with Crippen molar-refractivity contribution in [1.29, 1.82) is 0 Å². The molecule has 20 heavy (non-hydrogen) atoms. The molecule has 0 amide bonds. The molecular formula is C16H16O3S. The number of phenolic OH excluding ortho intramolecular Hbond substituents is 1. The summed E-state index contributed by atoms with van der Waals surface area (Å²) in [5.74, 6) is 0.0791. The van der Waals surface area contributed by atoms with E-state index in [1.54, 1.807) is 19.1 Å². The zero-order valence-corrected chi connectivity index (χ0v) is 12.1. The number of aryl methyl sites for hydroxylation is 3. The zero-order valence-electron chi connectivity index (χ0n) is 11.3. The number of rotatable bonds is 2. The van der Waals surface area contributed by atoms with Crippen LogP contribution in [0.2, 0.25) is 0 Å². The molecule has 104 valence electrons. The number of fused-ring (bicyclic) bond motifs is 1. The van der Waals surface area contributed by atoms with E-state index in [-0.39, 0.29) is 10.6 Å².